The van der Waals surface area contributed by atoms with Crippen molar-refractivity contribution in [1.29, 1.82) is 0 Å². The quantitative estimate of drug-likeness (QED) is 0.796. The van der Waals surface area contributed by atoms with Gasteiger partial charge in [-0.05, 0) is 64.5 Å². The maximum atomic E-state index is 6.26. The van der Waals surface area contributed by atoms with E-state index in [4.69, 9.17) is 5.73 Å². The third kappa shape index (κ3) is 4.88. The highest BCUT2D eigenvalue weighted by molar-refractivity contribution is 7.10. The Kier molecular flexibility index (Phi) is 7.00. The number of nitrogens with two attached hydrogens (primary N) is 1. The van der Waals surface area contributed by atoms with Crippen molar-refractivity contribution in [2.75, 3.05) is 33.7 Å². The lowest BCUT2D eigenvalue weighted by atomic mass is 10.0. The van der Waals surface area contributed by atoms with Gasteiger partial charge in [-0.3, -0.25) is 4.90 Å². The smallest absolute Gasteiger partial charge is 0.0593 e. The molecule has 0 fully saturated rings. The van der Waals surface area contributed by atoms with E-state index >= 15 is 0 Å². The normalized spacial score (nSPS) is 15.2. The Morgan fingerprint density at radius 1 is 1.32 bits per heavy atom. The SMILES string of the molecule is CCN(CCCN(C)C)C(c1sccc1C)C(C)N. The molecule has 0 aliphatic heterocycles. The molecule has 110 valence electrons. The Hall–Kier alpha value is -0.420. The first-order valence-corrected chi connectivity index (χ1v) is 8.03. The Balaban J connectivity index is 2.75. The second kappa shape index (κ2) is 8.00. The molecule has 0 saturated carbocycles. The van der Waals surface area contributed by atoms with E-state index in [0.29, 0.717) is 6.04 Å². The highest BCUT2D eigenvalue weighted by Gasteiger charge is 2.25. The van der Waals surface area contributed by atoms with E-state index in [1.807, 2.05) is 11.3 Å². The maximum Gasteiger partial charge on any atom is 0.0593 e. The number of thiophene rings is 1. The molecule has 19 heavy (non-hydrogen) atoms. The lowest BCUT2D eigenvalue weighted by Crippen LogP contribution is -2.40. The second-order valence-corrected chi connectivity index (χ2v) is 6.50. The van der Waals surface area contributed by atoms with Crippen molar-refractivity contribution >= 4 is 11.3 Å². The van der Waals surface area contributed by atoms with Gasteiger partial charge in [0.25, 0.3) is 0 Å². The zero-order chi connectivity index (χ0) is 14.4. The summed E-state index contributed by atoms with van der Waals surface area (Å²) in [6, 6.07) is 2.71. The van der Waals surface area contributed by atoms with E-state index in [0.717, 1.165) is 19.6 Å². The Bertz CT molecular complexity index is 360. The van der Waals surface area contributed by atoms with Crippen molar-refractivity contribution in [3.05, 3.63) is 21.9 Å². The van der Waals surface area contributed by atoms with Gasteiger partial charge in [0.15, 0.2) is 0 Å². The van der Waals surface area contributed by atoms with Crippen molar-refractivity contribution in [3.63, 3.8) is 0 Å². The van der Waals surface area contributed by atoms with E-state index in [2.05, 4.69) is 56.1 Å². The van der Waals surface area contributed by atoms with Crippen LogP contribution in [0.3, 0.4) is 0 Å². The molecule has 0 radical (unpaired) electrons. The van der Waals surface area contributed by atoms with Crippen LogP contribution in [-0.4, -0.2) is 49.6 Å². The molecule has 0 aliphatic rings. The molecule has 0 saturated heterocycles. The van der Waals surface area contributed by atoms with Gasteiger partial charge in [0.05, 0.1) is 6.04 Å². The number of hydrogen-bond acceptors (Lipinski definition) is 4. The number of rotatable bonds is 8. The molecule has 1 aromatic heterocycles. The number of hydrogen-bond donors (Lipinski definition) is 1. The second-order valence-electron chi connectivity index (χ2n) is 5.56. The summed E-state index contributed by atoms with van der Waals surface area (Å²) in [5.41, 5.74) is 7.63. The van der Waals surface area contributed by atoms with Gasteiger partial charge < -0.3 is 10.6 Å². The van der Waals surface area contributed by atoms with E-state index in [1.54, 1.807) is 0 Å². The predicted octanol–water partition coefficient (Wildman–Crippen LogP) is 2.72. The summed E-state index contributed by atoms with van der Waals surface area (Å²) in [5, 5.41) is 2.17. The van der Waals surface area contributed by atoms with Crippen LogP contribution < -0.4 is 5.73 Å². The van der Waals surface area contributed by atoms with Crippen LogP contribution in [0.2, 0.25) is 0 Å². The fourth-order valence-corrected chi connectivity index (χ4v) is 3.68. The molecule has 0 bridgehead atoms. The lowest BCUT2D eigenvalue weighted by Gasteiger charge is -2.33. The van der Waals surface area contributed by atoms with Crippen molar-refractivity contribution in [3.8, 4) is 0 Å². The van der Waals surface area contributed by atoms with Gasteiger partial charge in [-0.25, -0.2) is 0 Å². The highest BCUT2D eigenvalue weighted by atomic mass is 32.1. The first-order valence-electron chi connectivity index (χ1n) is 7.15. The average Bonchev–Trinajstić information content (AvgIpc) is 2.73. The zero-order valence-corrected chi connectivity index (χ0v) is 13.8. The van der Waals surface area contributed by atoms with Crippen LogP contribution in [0.5, 0.6) is 0 Å². The molecule has 0 aliphatic carbocycles. The molecule has 0 aromatic carbocycles. The Morgan fingerprint density at radius 3 is 2.42 bits per heavy atom. The minimum atomic E-state index is 0.164. The fourth-order valence-electron chi connectivity index (χ4n) is 2.51. The maximum absolute atomic E-state index is 6.26. The van der Waals surface area contributed by atoms with Crippen LogP contribution in [0.4, 0.5) is 0 Å². The molecular weight excluding hydrogens is 254 g/mol. The van der Waals surface area contributed by atoms with Gasteiger partial charge >= 0.3 is 0 Å². The van der Waals surface area contributed by atoms with Gasteiger partial charge in [0, 0.05) is 17.5 Å². The molecule has 2 unspecified atom stereocenters. The third-order valence-electron chi connectivity index (χ3n) is 3.52. The molecule has 0 spiro atoms. The molecule has 0 amide bonds. The average molecular weight is 283 g/mol. The summed E-state index contributed by atoms with van der Waals surface area (Å²) in [6.07, 6.45) is 1.19. The first-order chi connectivity index (χ1) is 8.97. The molecule has 2 N–H and O–H groups in total. The molecule has 1 heterocycles. The van der Waals surface area contributed by atoms with Crippen LogP contribution in [-0.2, 0) is 0 Å². The minimum Gasteiger partial charge on any atom is -0.326 e. The van der Waals surface area contributed by atoms with Gasteiger partial charge in [-0.2, -0.15) is 0 Å². The molecule has 1 aromatic rings. The van der Waals surface area contributed by atoms with Crippen molar-refractivity contribution in [1.82, 2.24) is 9.80 Å². The minimum absolute atomic E-state index is 0.164. The summed E-state index contributed by atoms with van der Waals surface area (Å²) in [5.74, 6) is 0. The topological polar surface area (TPSA) is 32.5 Å². The molecule has 3 nitrogen and oxygen atoms in total. The molecular formula is C15H29N3S. The van der Waals surface area contributed by atoms with E-state index in [9.17, 15) is 0 Å². The van der Waals surface area contributed by atoms with Crippen molar-refractivity contribution in [2.24, 2.45) is 5.73 Å². The van der Waals surface area contributed by atoms with Crippen LogP contribution in [0.15, 0.2) is 11.4 Å². The predicted molar refractivity (Wildman–Crippen MR) is 85.9 cm³/mol. The van der Waals surface area contributed by atoms with Crippen molar-refractivity contribution < 1.29 is 0 Å². The van der Waals surface area contributed by atoms with Gasteiger partial charge in [-0.15, -0.1) is 11.3 Å². The van der Waals surface area contributed by atoms with E-state index in [1.165, 1.54) is 16.9 Å². The Labute approximate surface area is 122 Å². The van der Waals surface area contributed by atoms with E-state index in [-0.39, 0.29) is 6.04 Å². The van der Waals surface area contributed by atoms with E-state index < -0.39 is 0 Å². The summed E-state index contributed by atoms with van der Waals surface area (Å²) < 4.78 is 0. The highest BCUT2D eigenvalue weighted by Crippen LogP contribution is 2.30. The fraction of sp³-hybridized carbons (Fsp3) is 0.733. The van der Waals surface area contributed by atoms with Crippen LogP contribution in [0.25, 0.3) is 0 Å². The van der Waals surface area contributed by atoms with Gasteiger partial charge in [0.1, 0.15) is 0 Å². The third-order valence-corrected chi connectivity index (χ3v) is 4.61. The lowest BCUT2D eigenvalue weighted by molar-refractivity contribution is 0.179. The monoisotopic (exact) mass is 283 g/mol. The number of likely N-dealkylation sites (N-methyl/N-ethyl adjacent to an activating group) is 1. The Morgan fingerprint density at radius 2 is 2.00 bits per heavy atom. The molecule has 2 atom stereocenters. The summed E-state index contributed by atoms with van der Waals surface area (Å²) in [4.78, 5) is 6.19. The standard InChI is InChI=1S/C15H29N3S/c1-6-18(10-7-9-17(4)5)14(13(3)16)15-12(2)8-11-19-15/h8,11,13-14H,6-7,9-10,16H2,1-5H3. The molecule has 1 rings (SSSR count). The van der Waals surface area contributed by atoms with Gasteiger partial charge in [-0.1, -0.05) is 6.92 Å². The van der Waals surface area contributed by atoms with Gasteiger partial charge in [0.2, 0.25) is 0 Å². The van der Waals surface area contributed by atoms with Crippen molar-refractivity contribution in [2.45, 2.75) is 39.3 Å². The summed E-state index contributed by atoms with van der Waals surface area (Å²) in [6.45, 7) is 9.84. The zero-order valence-electron chi connectivity index (χ0n) is 13.0. The van der Waals surface area contributed by atoms with Crippen LogP contribution >= 0.6 is 11.3 Å². The van der Waals surface area contributed by atoms with Crippen LogP contribution in [0.1, 0.15) is 36.8 Å². The summed E-state index contributed by atoms with van der Waals surface area (Å²) in [7, 11) is 4.26. The summed E-state index contributed by atoms with van der Waals surface area (Å²) >= 11 is 1.84. The number of nitrogens with zero attached hydrogens (tertiary/aromatic N) is 2. The number of aryl methyl sites for hydroxylation is 1. The largest absolute Gasteiger partial charge is 0.326 e. The van der Waals surface area contributed by atoms with Crippen LogP contribution in [0, 0.1) is 6.92 Å². The first kappa shape index (κ1) is 16.6. The molecule has 4 heteroatoms.